The molecule has 0 amide bonds. The highest BCUT2D eigenvalue weighted by Crippen LogP contribution is 2.74. The smallest absolute Gasteiger partial charge is 0.0761 e. The fourth-order valence-corrected chi connectivity index (χ4v) is 7.90. The second-order valence-corrected chi connectivity index (χ2v) is 10.5. The maximum Gasteiger partial charge on any atom is 0.0761 e. The van der Waals surface area contributed by atoms with Crippen molar-refractivity contribution in [1.29, 1.82) is 0 Å². The van der Waals surface area contributed by atoms with Gasteiger partial charge in [0.25, 0.3) is 0 Å². The Balaban J connectivity index is 1.80. The zero-order chi connectivity index (χ0) is 16.9. The molecule has 3 N–H and O–H groups in total. The van der Waals surface area contributed by atoms with E-state index in [1.165, 1.54) is 0 Å². The zero-order valence-electron chi connectivity index (χ0n) is 15.2. The van der Waals surface area contributed by atoms with Crippen LogP contribution in [0.4, 0.5) is 0 Å². The van der Waals surface area contributed by atoms with E-state index in [0.717, 1.165) is 51.4 Å². The van der Waals surface area contributed by atoms with Crippen LogP contribution < -0.4 is 0 Å². The van der Waals surface area contributed by atoms with Gasteiger partial charge < -0.3 is 15.3 Å². The van der Waals surface area contributed by atoms with E-state index >= 15 is 0 Å². The van der Waals surface area contributed by atoms with Crippen LogP contribution in [0.1, 0.15) is 79.1 Å². The van der Waals surface area contributed by atoms with Crippen molar-refractivity contribution in [2.75, 3.05) is 0 Å². The SMILES string of the molecule is CC1(C)[C@@H](O)CC[C@]2(C)[C@H]1CC[C@@]13C[C@@H](CC[C@]12O)[C@](C)(O)C3. The van der Waals surface area contributed by atoms with Crippen molar-refractivity contribution < 1.29 is 15.3 Å². The molecule has 0 saturated heterocycles. The minimum absolute atomic E-state index is 0.108. The summed E-state index contributed by atoms with van der Waals surface area (Å²) >= 11 is 0. The third-order valence-corrected chi connectivity index (χ3v) is 9.26. The summed E-state index contributed by atoms with van der Waals surface area (Å²) in [7, 11) is 0. The fourth-order valence-electron chi connectivity index (χ4n) is 7.90. The van der Waals surface area contributed by atoms with Crippen molar-refractivity contribution in [1.82, 2.24) is 0 Å². The predicted octanol–water partition coefficient (Wildman–Crippen LogP) is 3.26. The van der Waals surface area contributed by atoms with Crippen molar-refractivity contribution in [2.24, 2.45) is 28.1 Å². The second-order valence-electron chi connectivity index (χ2n) is 10.5. The Kier molecular flexibility index (Phi) is 3.09. The van der Waals surface area contributed by atoms with Crippen LogP contribution >= 0.6 is 0 Å². The van der Waals surface area contributed by atoms with Crippen LogP contribution in [0, 0.1) is 28.1 Å². The summed E-state index contributed by atoms with van der Waals surface area (Å²) in [6, 6.07) is 0. The molecule has 4 aliphatic carbocycles. The first-order valence-corrected chi connectivity index (χ1v) is 9.61. The molecular formula is C20H34O3. The minimum atomic E-state index is -0.683. The maximum absolute atomic E-state index is 12.1. The summed E-state index contributed by atoms with van der Waals surface area (Å²) in [5, 5.41) is 33.5. The van der Waals surface area contributed by atoms with Crippen LogP contribution in [0.2, 0.25) is 0 Å². The lowest BCUT2D eigenvalue weighted by Gasteiger charge is -2.68. The third kappa shape index (κ3) is 1.72. The van der Waals surface area contributed by atoms with Gasteiger partial charge in [-0.3, -0.25) is 0 Å². The molecule has 3 heteroatoms. The van der Waals surface area contributed by atoms with Gasteiger partial charge in [-0.25, -0.2) is 0 Å². The van der Waals surface area contributed by atoms with Gasteiger partial charge in [0.2, 0.25) is 0 Å². The van der Waals surface area contributed by atoms with Gasteiger partial charge in [0.15, 0.2) is 0 Å². The van der Waals surface area contributed by atoms with Gasteiger partial charge in [-0.1, -0.05) is 20.8 Å². The van der Waals surface area contributed by atoms with Crippen molar-refractivity contribution in [3.8, 4) is 0 Å². The van der Waals surface area contributed by atoms with Crippen molar-refractivity contribution >= 4 is 0 Å². The van der Waals surface area contributed by atoms with Crippen molar-refractivity contribution in [3.63, 3.8) is 0 Å². The molecule has 1 spiro atoms. The number of hydrogen-bond donors (Lipinski definition) is 3. The van der Waals surface area contributed by atoms with Gasteiger partial charge in [0, 0.05) is 10.8 Å². The molecule has 0 aliphatic heterocycles. The van der Waals surface area contributed by atoms with E-state index in [1.807, 2.05) is 6.92 Å². The van der Waals surface area contributed by atoms with Crippen LogP contribution in [-0.2, 0) is 0 Å². The molecule has 132 valence electrons. The first-order valence-electron chi connectivity index (χ1n) is 9.61. The summed E-state index contributed by atoms with van der Waals surface area (Å²) in [4.78, 5) is 0. The molecule has 2 bridgehead atoms. The number of aliphatic hydroxyl groups is 3. The van der Waals surface area contributed by atoms with Crippen LogP contribution in [0.15, 0.2) is 0 Å². The highest BCUT2D eigenvalue weighted by atomic mass is 16.3. The van der Waals surface area contributed by atoms with Crippen LogP contribution in [-0.4, -0.2) is 32.6 Å². The van der Waals surface area contributed by atoms with Crippen LogP contribution in [0.25, 0.3) is 0 Å². The van der Waals surface area contributed by atoms with Crippen molar-refractivity contribution in [2.45, 2.75) is 96.4 Å². The summed E-state index contributed by atoms with van der Waals surface area (Å²) in [6.45, 7) is 8.66. The minimum Gasteiger partial charge on any atom is -0.393 e. The summed E-state index contributed by atoms with van der Waals surface area (Å²) < 4.78 is 0. The fraction of sp³-hybridized carbons (Fsp3) is 1.00. The quantitative estimate of drug-likeness (QED) is 0.641. The van der Waals surface area contributed by atoms with Gasteiger partial charge in [-0.2, -0.15) is 0 Å². The van der Waals surface area contributed by atoms with Gasteiger partial charge in [0.05, 0.1) is 17.3 Å². The number of rotatable bonds is 0. The molecule has 3 nitrogen and oxygen atoms in total. The topological polar surface area (TPSA) is 60.7 Å². The average molecular weight is 322 g/mol. The molecule has 0 heterocycles. The lowest BCUT2D eigenvalue weighted by Crippen LogP contribution is -2.69. The van der Waals surface area contributed by atoms with Crippen molar-refractivity contribution in [3.05, 3.63) is 0 Å². The average Bonchev–Trinajstić information content (AvgIpc) is 2.66. The molecule has 7 atom stereocenters. The molecule has 0 aromatic carbocycles. The lowest BCUT2D eigenvalue weighted by molar-refractivity contribution is -0.273. The summed E-state index contributed by atoms with van der Waals surface area (Å²) in [6.07, 6.45) is 7.03. The Hall–Kier alpha value is -0.120. The number of fused-ring (bicyclic) bond motifs is 3. The molecule has 4 rings (SSSR count). The van der Waals surface area contributed by atoms with Gasteiger partial charge >= 0.3 is 0 Å². The molecule has 0 unspecified atom stereocenters. The molecular weight excluding hydrogens is 288 g/mol. The predicted molar refractivity (Wildman–Crippen MR) is 89.8 cm³/mol. The standard InChI is InChI=1S/C20H34O3/c1-16(2)14-6-9-19-11-13(18(4,22)12-19)5-10-20(19,23)17(14,3)8-7-15(16)21/h13-15,21-23H,5-12H2,1-4H3/t13-,14+,15+,17-,18-,19+,20-/m1/s1. The molecule has 23 heavy (non-hydrogen) atoms. The zero-order valence-corrected chi connectivity index (χ0v) is 15.2. The Bertz CT molecular complexity index is 527. The first-order chi connectivity index (χ1) is 10.5. The van der Waals surface area contributed by atoms with E-state index in [4.69, 9.17) is 0 Å². The molecule has 4 aliphatic rings. The highest BCUT2D eigenvalue weighted by molar-refractivity contribution is 5.23. The molecule has 4 saturated carbocycles. The van der Waals surface area contributed by atoms with E-state index in [1.54, 1.807) is 0 Å². The molecule has 0 aromatic rings. The Morgan fingerprint density at radius 2 is 1.57 bits per heavy atom. The highest BCUT2D eigenvalue weighted by Gasteiger charge is 2.73. The van der Waals surface area contributed by atoms with Crippen LogP contribution in [0.3, 0.4) is 0 Å². The largest absolute Gasteiger partial charge is 0.393 e. The normalized spacial score (nSPS) is 60.9. The summed E-state index contributed by atoms with van der Waals surface area (Å²) in [5.74, 6) is 0.710. The molecule has 0 aromatic heterocycles. The van der Waals surface area contributed by atoms with Gasteiger partial charge in [-0.05, 0) is 75.5 Å². The lowest BCUT2D eigenvalue weighted by atomic mass is 9.38. The molecule has 4 fully saturated rings. The Morgan fingerprint density at radius 1 is 0.870 bits per heavy atom. The van der Waals surface area contributed by atoms with Crippen LogP contribution in [0.5, 0.6) is 0 Å². The summed E-state index contributed by atoms with van der Waals surface area (Å²) in [5.41, 5.74) is -1.68. The number of hydrogen-bond acceptors (Lipinski definition) is 3. The van der Waals surface area contributed by atoms with E-state index in [9.17, 15) is 15.3 Å². The number of aliphatic hydroxyl groups excluding tert-OH is 1. The maximum atomic E-state index is 12.1. The van der Waals surface area contributed by atoms with E-state index < -0.39 is 11.2 Å². The van der Waals surface area contributed by atoms with Gasteiger partial charge in [0.1, 0.15) is 0 Å². The second kappa shape index (κ2) is 4.34. The van der Waals surface area contributed by atoms with E-state index in [-0.39, 0.29) is 22.3 Å². The Morgan fingerprint density at radius 3 is 2.26 bits per heavy atom. The monoisotopic (exact) mass is 322 g/mol. The molecule has 0 radical (unpaired) electrons. The Labute approximate surface area is 140 Å². The first kappa shape index (κ1) is 16.4. The van der Waals surface area contributed by atoms with E-state index in [2.05, 4.69) is 20.8 Å². The third-order valence-electron chi connectivity index (χ3n) is 9.26. The van der Waals surface area contributed by atoms with E-state index in [0.29, 0.717) is 11.8 Å². The van der Waals surface area contributed by atoms with Gasteiger partial charge in [-0.15, -0.1) is 0 Å².